The fourth-order valence-corrected chi connectivity index (χ4v) is 7.27. The van der Waals surface area contributed by atoms with Crippen LogP contribution in [0.15, 0.2) is 82.6 Å². The summed E-state index contributed by atoms with van der Waals surface area (Å²) >= 11 is 5.99. The van der Waals surface area contributed by atoms with Crippen LogP contribution in [0.2, 0.25) is 5.02 Å². The molecule has 0 aromatic heterocycles. The smallest absolute Gasteiger partial charge is 0.264 e. The van der Waals surface area contributed by atoms with Crippen molar-refractivity contribution in [1.82, 2.24) is 4.31 Å². The standard InChI is InChI=1S/C26H28ClN3O6S2/c1-36-25-15-14-23(37(32,33)29-16-6-3-7-17-29)18-24(25)28-26(31)19-30(21-12-10-20(27)11-13-21)38(34,35)22-8-4-2-5-9-22/h2,4-5,8-15,18H,3,6-7,16-17,19H2,1H3,(H,28,31). The van der Waals surface area contributed by atoms with Gasteiger partial charge in [-0.15, -0.1) is 0 Å². The third kappa shape index (κ3) is 6.12. The number of hydrogen-bond acceptors (Lipinski definition) is 6. The van der Waals surface area contributed by atoms with Gasteiger partial charge in [-0.3, -0.25) is 9.10 Å². The van der Waals surface area contributed by atoms with Crippen LogP contribution in [0.4, 0.5) is 11.4 Å². The van der Waals surface area contributed by atoms with Crippen molar-refractivity contribution in [2.45, 2.75) is 29.1 Å². The predicted molar refractivity (Wildman–Crippen MR) is 147 cm³/mol. The summed E-state index contributed by atoms with van der Waals surface area (Å²) in [7, 11) is -6.49. The van der Waals surface area contributed by atoms with E-state index in [1.807, 2.05) is 0 Å². The van der Waals surface area contributed by atoms with Gasteiger partial charge in [0.25, 0.3) is 10.0 Å². The second-order valence-electron chi connectivity index (χ2n) is 8.68. The summed E-state index contributed by atoms with van der Waals surface area (Å²) in [6.07, 6.45) is 2.55. The molecule has 0 saturated carbocycles. The molecule has 1 amide bonds. The van der Waals surface area contributed by atoms with Crippen LogP contribution in [0.1, 0.15) is 19.3 Å². The Morgan fingerprint density at radius 2 is 1.58 bits per heavy atom. The summed E-state index contributed by atoms with van der Waals surface area (Å²) in [6, 6.07) is 18.0. The average molecular weight is 578 g/mol. The Kier molecular flexibility index (Phi) is 8.61. The van der Waals surface area contributed by atoms with Crippen molar-refractivity contribution in [3.05, 3.63) is 77.8 Å². The number of benzene rings is 3. The number of methoxy groups -OCH3 is 1. The normalized spacial score (nSPS) is 14.6. The summed E-state index contributed by atoms with van der Waals surface area (Å²) in [6.45, 7) is 0.290. The first-order valence-electron chi connectivity index (χ1n) is 11.9. The molecule has 38 heavy (non-hydrogen) atoms. The van der Waals surface area contributed by atoms with E-state index in [4.69, 9.17) is 16.3 Å². The van der Waals surface area contributed by atoms with E-state index >= 15 is 0 Å². The van der Waals surface area contributed by atoms with Crippen molar-refractivity contribution in [3.8, 4) is 5.75 Å². The second kappa shape index (κ2) is 11.7. The van der Waals surface area contributed by atoms with Crippen LogP contribution in [0.3, 0.4) is 0 Å². The quantitative estimate of drug-likeness (QED) is 0.404. The third-order valence-corrected chi connectivity index (χ3v) is 10.1. The minimum atomic E-state index is -4.12. The number of nitrogens with one attached hydrogen (secondary N) is 1. The van der Waals surface area contributed by atoms with Gasteiger partial charge in [-0.25, -0.2) is 16.8 Å². The molecule has 0 aliphatic carbocycles. The third-order valence-electron chi connectivity index (χ3n) is 6.13. The van der Waals surface area contributed by atoms with Crippen LogP contribution in [0, 0.1) is 0 Å². The molecule has 0 bridgehead atoms. The Labute approximate surface area is 228 Å². The molecule has 202 valence electrons. The number of nitrogens with zero attached hydrogens (tertiary/aromatic N) is 2. The first kappa shape index (κ1) is 27.9. The van der Waals surface area contributed by atoms with Gasteiger partial charge in [-0.1, -0.05) is 36.2 Å². The summed E-state index contributed by atoms with van der Waals surface area (Å²) in [4.78, 5) is 13.2. The number of carbonyl (C=O) groups is 1. The van der Waals surface area contributed by atoms with E-state index in [0.29, 0.717) is 18.1 Å². The maximum atomic E-state index is 13.5. The van der Waals surface area contributed by atoms with Crippen LogP contribution in [0.25, 0.3) is 0 Å². The van der Waals surface area contributed by atoms with Gasteiger partial charge in [0.15, 0.2) is 0 Å². The van der Waals surface area contributed by atoms with E-state index < -0.39 is 32.5 Å². The van der Waals surface area contributed by atoms with Crippen LogP contribution < -0.4 is 14.4 Å². The Balaban J connectivity index is 1.64. The van der Waals surface area contributed by atoms with Crippen LogP contribution >= 0.6 is 11.6 Å². The van der Waals surface area contributed by atoms with E-state index in [0.717, 1.165) is 23.6 Å². The van der Waals surface area contributed by atoms with Crippen LogP contribution in [-0.2, 0) is 24.8 Å². The summed E-state index contributed by atoms with van der Waals surface area (Å²) in [5.41, 5.74) is 0.352. The fourth-order valence-electron chi connectivity index (χ4n) is 4.16. The predicted octanol–water partition coefficient (Wildman–Crippen LogP) is 4.36. The minimum Gasteiger partial charge on any atom is -0.495 e. The molecule has 0 radical (unpaired) electrons. The molecule has 0 unspecified atom stereocenters. The first-order valence-corrected chi connectivity index (χ1v) is 15.2. The number of anilines is 2. The molecule has 1 saturated heterocycles. The minimum absolute atomic E-state index is 0.00922. The average Bonchev–Trinajstić information content (AvgIpc) is 2.93. The lowest BCUT2D eigenvalue weighted by atomic mass is 10.2. The van der Waals surface area contributed by atoms with Gasteiger partial charge in [0.2, 0.25) is 15.9 Å². The molecule has 0 spiro atoms. The summed E-state index contributed by atoms with van der Waals surface area (Å²) in [5, 5.41) is 3.04. The van der Waals surface area contributed by atoms with Gasteiger partial charge in [0.1, 0.15) is 12.3 Å². The lowest BCUT2D eigenvalue weighted by Crippen LogP contribution is -2.38. The molecule has 1 aliphatic heterocycles. The van der Waals surface area contributed by atoms with E-state index in [9.17, 15) is 21.6 Å². The number of sulfonamides is 2. The summed E-state index contributed by atoms with van der Waals surface area (Å²) < 4.78 is 61.1. The molecule has 9 nitrogen and oxygen atoms in total. The highest BCUT2D eigenvalue weighted by molar-refractivity contribution is 7.92. The number of piperidine rings is 1. The molecule has 3 aromatic rings. The Bertz CT molecular complexity index is 1490. The summed E-state index contributed by atoms with van der Waals surface area (Å²) in [5.74, 6) is -0.454. The van der Waals surface area contributed by atoms with Gasteiger partial charge in [-0.2, -0.15) is 4.31 Å². The molecular formula is C26H28ClN3O6S2. The van der Waals surface area contributed by atoms with Gasteiger partial charge in [0.05, 0.1) is 28.3 Å². The lowest BCUT2D eigenvalue weighted by molar-refractivity contribution is -0.114. The van der Waals surface area contributed by atoms with E-state index in [2.05, 4.69) is 5.32 Å². The molecule has 1 heterocycles. The molecule has 4 rings (SSSR count). The van der Waals surface area contributed by atoms with E-state index in [1.165, 1.54) is 66.0 Å². The topological polar surface area (TPSA) is 113 Å². The van der Waals surface area contributed by atoms with Gasteiger partial charge in [0, 0.05) is 18.1 Å². The highest BCUT2D eigenvalue weighted by atomic mass is 35.5. The number of amides is 1. The van der Waals surface area contributed by atoms with Crippen LogP contribution in [-0.4, -0.2) is 53.8 Å². The van der Waals surface area contributed by atoms with Gasteiger partial charge in [-0.05, 0) is 67.4 Å². The van der Waals surface area contributed by atoms with Gasteiger partial charge >= 0.3 is 0 Å². The monoisotopic (exact) mass is 577 g/mol. The van der Waals surface area contributed by atoms with Crippen molar-refractivity contribution >= 4 is 48.9 Å². The Morgan fingerprint density at radius 3 is 2.21 bits per heavy atom. The first-order chi connectivity index (χ1) is 18.1. The van der Waals surface area contributed by atoms with Crippen molar-refractivity contribution in [2.24, 2.45) is 0 Å². The van der Waals surface area contributed by atoms with Crippen molar-refractivity contribution in [3.63, 3.8) is 0 Å². The zero-order valence-corrected chi connectivity index (χ0v) is 23.1. The number of rotatable bonds is 9. The highest BCUT2D eigenvalue weighted by Gasteiger charge is 2.29. The second-order valence-corrected chi connectivity index (χ2v) is 12.9. The highest BCUT2D eigenvalue weighted by Crippen LogP contribution is 2.31. The SMILES string of the molecule is COc1ccc(S(=O)(=O)N2CCCCC2)cc1NC(=O)CN(c1ccc(Cl)cc1)S(=O)(=O)c1ccccc1. The van der Waals surface area contributed by atoms with Crippen molar-refractivity contribution in [2.75, 3.05) is 36.4 Å². The number of ether oxygens (including phenoxy) is 1. The molecule has 1 fully saturated rings. The molecular weight excluding hydrogens is 550 g/mol. The lowest BCUT2D eigenvalue weighted by Gasteiger charge is -2.26. The van der Waals surface area contributed by atoms with Crippen molar-refractivity contribution < 1.29 is 26.4 Å². The molecule has 3 aromatic carbocycles. The number of halogens is 1. The maximum Gasteiger partial charge on any atom is 0.264 e. The molecule has 12 heteroatoms. The zero-order chi connectivity index (χ0) is 27.3. The molecule has 1 aliphatic rings. The number of carbonyl (C=O) groups excluding carboxylic acids is 1. The molecule has 1 N–H and O–H groups in total. The Hall–Kier alpha value is -3.12. The van der Waals surface area contributed by atoms with E-state index in [1.54, 1.807) is 18.2 Å². The van der Waals surface area contributed by atoms with Gasteiger partial charge < -0.3 is 10.1 Å². The van der Waals surface area contributed by atoms with E-state index in [-0.39, 0.29) is 26.9 Å². The van der Waals surface area contributed by atoms with Crippen molar-refractivity contribution in [1.29, 1.82) is 0 Å². The Morgan fingerprint density at radius 1 is 0.921 bits per heavy atom. The van der Waals surface area contributed by atoms with Crippen LogP contribution in [0.5, 0.6) is 5.75 Å². The number of hydrogen-bond donors (Lipinski definition) is 1. The maximum absolute atomic E-state index is 13.5. The largest absolute Gasteiger partial charge is 0.495 e. The zero-order valence-electron chi connectivity index (χ0n) is 20.7. The fraction of sp³-hybridized carbons (Fsp3) is 0.269. The molecule has 0 atom stereocenters.